The number of nitro benzene ring substituents is 1. The van der Waals surface area contributed by atoms with Crippen molar-refractivity contribution < 1.29 is 18.1 Å². The summed E-state index contributed by atoms with van der Waals surface area (Å²) in [6, 6.07) is 11.0. The minimum Gasteiger partial charge on any atom is -0.279 e. The maximum absolute atomic E-state index is 12.8. The first-order valence-electron chi connectivity index (χ1n) is 6.43. The van der Waals surface area contributed by atoms with Gasteiger partial charge in [0.2, 0.25) is 5.24 Å². The molecular formula is C14H10ClIN2O5S. The predicted octanol–water partition coefficient (Wildman–Crippen LogP) is 3.16. The molecule has 10 heteroatoms. The molecule has 0 N–H and O–H groups in total. The molecule has 2 aromatic carbocycles. The molecule has 0 radical (unpaired) electrons. The molecule has 0 heterocycles. The van der Waals surface area contributed by atoms with Crippen molar-refractivity contribution in [1.82, 2.24) is 0 Å². The van der Waals surface area contributed by atoms with Gasteiger partial charge >= 0.3 is 0 Å². The number of nitrogens with zero attached hydrogens (tertiary/aromatic N) is 2. The largest absolute Gasteiger partial charge is 0.279 e. The second-order valence-corrected chi connectivity index (χ2v) is 8.13. The summed E-state index contributed by atoms with van der Waals surface area (Å²) in [6.45, 7) is -0.590. The van der Waals surface area contributed by atoms with Gasteiger partial charge in [-0.3, -0.25) is 19.2 Å². The highest BCUT2D eigenvalue weighted by molar-refractivity contribution is 14.1. The van der Waals surface area contributed by atoms with Gasteiger partial charge in [0.1, 0.15) is 6.54 Å². The highest BCUT2D eigenvalue weighted by Crippen LogP contribution is 2.26. The van der Waals surface area contributed by atoms with Crippen LogP contribution in [0.4, 0.5) is 11.4 Å². The summed E-state index contributed by atoms with van der Waals surface area (Å²) < 4.78 is 27.3. The monoisotopic (exact) mass is 480 g/mol. The third-order valence-electron chi connectivity index (χ3n) is 3.00. The van der Waals surface area contributed by atoms with E-state index in [0.29, 0.717) is 0 Å². The number of nitro groups is 1. The molecule has 0 atom stereocenters. The Hall–Kier alpha value is -1.72. The number of benzene rings is 2. The summed E-state index contributed by atoms with van der Waals surface area (Å²) >= 11 is 7.43. The third kappa shape index (κ3) is 4.22. The van der Waals surface area contributed by atoms with E-state index in [1.807, 2.05) is 0 Å². The molecule has 7 nitrogen and oxygen atoms in total. The number of carbonyl (C=O) groups excluding carboxylic acids is 1. The van der Waals surface area contributed by atoms with Crippen LogP contribution in [-0.2, 0) is 14.8 Å². The first kappa shape index (κ1) is 18.6. The fraction of sp³-hybridized carbons (Fsp3) is 0.0714. The van der Waals surface area contributed by atoms with E-state index in [1.54, 1.807) is 12.1 Å². The van der Waals surface area contributed by atoms with Gasteiger partial charge in [0.25, 0.3) is 15.7 Å². The SMILES string of the molecule is O=C(Cl)CN(c1ccc(I)cc1)S(=O)(=O)c1cccc([N+](=O)[O-])c1. The van der Waals surface area contributed by atoms with Crippen molar-refractivity contribution in [2.75, 3.05) is 10.8 Å². The van der Waals surface area contributed by atoms with Crippen LogP contribution in [0.3, 0.4) is 0 Å². The first-order chi connectivity index (χ1) is 11.2. The summed E-state index contributed by atoms with van der Waals surface area (Å²) in [5.41, 5.74) is -0.133. The van der Waals surface area contributed by atoms with Crippen molar-refractivity contribution in [3.05, 3.63) is 62.2 Å². The topological polar surface area (TPSA) is 97.6 Å². The second kappa shape index (κ2) is 7.45. The van der Waals surface area contributed by atoms with Gasteiger partial charge < -0.3 is 0 Å². The molecular weight excluding hydrogens is 471 g/mol. The summed E-state index contributed by atoms with van der Waals surface area (Å²) in [5.74, 6) is 0. The average molecular weight is 481 g/mol. The summed E-state index contributed by atoms with van der Waals surface area (Å²) in [4.78, 5) is 21.2. The average Bonchev–Trinajstić information content (AvgIpc) is 2.53. The van der Waals surface area contributed by atoms with Gasteiger partial charge in [0, 0.05) is 15.7 Å². The standard InChI is InChI=1S/C14H10ClIN2O5S/c15-14(19)9-17(11-6-4-10(16)5-7-11)24(22,23)13-3-1-2-12(8-13)18(20)21/h1-8H,9H2. The lowest BCUT2D eigenvalue weighted by Crippen LogP contribution is -2.34. The number of non-ortho nitro benzene ring substituents is 1. The highest BCUT2D eigenvalue weighted by atomic mass is 127. The van der Waals surface area contributed by atoms with E-state index in [-0.39, 0.29) is 16.3 Å². The molecule has 0 amide bonds. The van der Waals surface area contributed by atoms with Crippen LogP contribution in [0.25, 0.3) is 0 Å². The van der Waals surface area contributed by atoms with Crippen LogP contribution in [0.15, 0.2) is 53.4 Å². The van der Waals surface area contributed by atoms with Crippen LogP contribution in [0.1, 0.15) is 0 Å². The minimum absolute atomic E-state index is 0.232. The van der Waals surface area contributed by atoms with E-state index in [9.17, 15) is 23.3 Å². The van der Waals surface area contributed by atoms with Crippen molar-refractivity contribution in [3.8, 4) is 0 Å². The molecule has 0 aromatic heterocycles. The van der Waals surface area contributed by atoms with Gasteiger partial charge in [-0.25, -0.2) is 8.42 Å². The Labute approximate surface area is 156 Å². The lowest BCUT2D eigenvalue weighted by molar-refractivity contribution is -0.385. The molecule has 0 spiro atoms. The summed E-state index contributed by atoms with van der Waals surface area (Å²) in [6.07, 6.45) is 0. The van der Waals surface area contributed by atoms with E-state index in [4.69, 9.17) is 11.6 Å². The third-order valence-corrected chi connectivity index (χ3v) is 5.61. The minimum atomic E-state index is -4.20. The molecule has 0 aliphatic rings. The van der Waals surface area contributed by atoms with Crippen LogP contribution in [-0.4, -0.2) is 25.1 Å². The Balaban J connectivity index is 2.55. The van der Waals surface area contributed by atoms with E-state index < -0.39 is 26.7 Å². The molecule has 0 saturated carbocycles. The first-order valence-corrected chi connectivity index (χ1v) is 9.32. The molecule has 2 aromatic rings. The maximum Gasteiger partial charge on any atom is 0.270 e. The second-order valence-electron chi connectivity index (χ2n) is 4.60. The summed E-state index contributed by atoms with van der Waals surface area (Å²) in [7, 11) is -4.20. The Morgan fingerprint density at radius 3 is 2.38 bits per heavy atom. The maximum atomic E-state index is 12.8. The zero-order valence-corrected chi connectivity index (χ0v) is 15.7. The van der Waals surface area contributed by atoms with Gasteiger partial charge in [-0.05, 0) is 64.5 Å². The fourth-order valence-electron chi connectivity index (χ4n) is 1.92. The van der Waals surface area contributed by atoms with Gasteiger partial charge in [0.05, 0.1) is 15.5 Å². The predicted molar refractivity (Wildman–Crippen MR) is 97.6 cm³/mol. The van der Waals surface area contributed by atoms with Gasteiger partial charge in [-0.1, -0.05) is 6.07 Å². The fourth-order valence-corrected chi connectivity index (χ4v) is 3.93. The van der Waals surface area contributed by atoms with E-state index in [0.717, 1.165) is 13.9 Å². The van der Waals surface area contributed by atoms with Crippen LogP contribution in [0.2, 0.25) is 0 Å². The molecule has 0 unspecified atom stereocenters. The molecule has 0 fully saturated rings. The van der Waals surface area contributed by atoms with Crippen LogP contribution >= 0.6 is 34.2 Å². The Morgan fingerprint density at radius 1 is 1.21 bits per heavy atom. The molecule has 0 aliphatic heterocycles. The van der Waals surface area contributed by atoms with E-state index in [2.05, 4.69) is 22.6 Å². The number of halogens is 2. The summed E-state index contributed by atoms with van der Waals surface area (Å²) in [5, 5.41) is 9.98. The van der Waals surface area contributed by atoms with Gasteiger partial charge in [-0.15, -0.1) is 0 Å². The van der Waals surface area contributed by atoms with Crippen LogP contribution in [0, 0.1) is 13.7 Å². The Bertz CT molecular complexity index is 886. The van der Waals surface area contributed by atoms with Crippen LogP contribution < -0.4 is 4.31 Å². The van der Waals surface area contributed by atoms with Crippen molar-refractivity contribution in [3.63, 3.8) is 0 Å². The molecule has 126 valence electrons. The number of sulfonamides is 1. The van der Waals surface area contributed by atoms with Crippen molar-refractivity contribution in [2.24, 2.45) is 0 Å². The highest BCUT2D eigenvalue weighted by Gasteiger charge is 2.28. The number of anilines is 1. The molecule has 0 aliphatic carbocycles. The van der Waals surface area contributed by atoms with Gasteiger partial charge in [0.15, 0.2) is 0 Å². The van der Waals surface area contributed by atoms with Crippen molar-refractivity contribution in [2.45, 2.75) is 4.90 Å². The van der Waals surface area contributed by atoms with E-state index in [1.165, 1.54) is 30.3 Å². The molecule has 24 heavy (non-hydrogen) atoms. The number of carbonyl (C=O) groups is 1. The molecule has 0 saturated heterocycles. The van der Waals surface area contributed by atoms with E-state index >= 15 is 0 Å². The zero-order valence-electron chi connectivity index (χ0n) is 11.9. The Kier molecular flexibility index (Phi) is 5.78. The smallest absolute Gasteiger partial charge is 0.270 e. The lowest BCUT2D eigenvalue weighted by atomic mass is 10.3. The number of hydrogen-bond acceptors (Lipinski definition) is 5. The lowest BCUT2D eigenvalue weighted by Gasteiger charge is -2.22. The Morgan fingerprint density at radius 2 is 1.83 bits per heavy atom. The molecule has 2 rings (SSSR count). The number of rotatable bonds is 6. The quantitative estimate of drug-likeness (QED) is 0.274. The van der Waals surface area contributed by atoms with Gasteiger partial charge in [-0.2, -0.15) is 0 Å². The normalized spacial score (nSPS) is 11.1. The van der Waals surface area contributed by atoms with Crippen molar-refractivity contribution in [1.29, 1.82) is 0 Å². The molecule has 0 bridgehead atoms. The zero-order chi connectivity index (χ0) is 17.9. The van der Waals surface area contributed by atoms with Crippen molar-refractivity contribution >= 4 is 60.8 Å². The number of hydrogen-bond donors (Lipinski definition) is 0. The van der Waals surface area contributed by atoms with Crippen LogP contribution in [0.5, 0.6) is 0 Å².